The first-order valence-electron chi connectivity index (χ1n) is 7.07. The Morgan fingerprint density at radius 2 is 2.16 bits per heavy atom. The molecule has 0 atom stereocenters. The molecule has 4 nitrogen and oxygen atoms in total. The maximum absolute atomic E-state index is 9.63. The second-order valence-electron chi connectivity index (χ2n) is 5.50. The zero-order valence-corrected chi connectivity index (χ0v) is 11.4. The fourth-order valence-corrected chi connectivity index (χ4v) is 3.15. The second kappa shape index (κ2) is 5.21. The average molecular weight is 259 g/mol. The Balaban J connectivity index is 1.90. The van der Waals surface area contributed by atoms with E-state index in [1.165, 1.54) is 25.7 Å². The van der Waals surface area contributed by atoms with Gasteiger partial charge in [0.05, 0.1) is 12.3 Å². The monoisotopic (exact) mass is 259 g/mol. The van der Waals surface area contributed by atoms with Crippen LogP contribution < -0.4 is 4.90 Å². The van der Waals surface area contributed by atoms with Gasteiger partial charge in [-0.3, -0.25) is 4.40 Å². The van der Waals surface area contributed by atoms with Gasteiger partial charge >= 0.3 is 0 Å². The molecule has 0 aromatic carbocycles. The van der Waals surface area contributed by atoms with Crippen molar-refractivity contribution in [3.8, 4) is 0 Å². The number of aliphatic hydroxyl groups is 1. The summed E-state index contributed by atoms with van der Waals surface area (Å²) in [6.45, 7) is 1.06. The molecule has 1 N–H and O–H groups in total. The Kier molecular flexibility index (Phi) is 3.42. The summed E-state index contributed by atoms with van der Waals surface area (Å²) in [7, 11) is 2.08. The van der Waals surface area contributed by atoms with Gasteiger partial charge < -0.3 is 10.0 Å². The lowest BCUT2D eigenvalue weighted by atomic mass is 10.1. The summed E-state index contributed by atoms with van der Waals surface area (Å²) in [5.41, 5.74) is 1.79. The maximum atomic E-state index is 9.63. The number of rotatable bonds is 4. The van der Waals surface area contributed by atoms with Crippen molar-refractivity contribution in [3.63, 3.8) is 0 Å². The van der Waals surface area contributed by atoms with Crippen LogP contribution >= 0.6 is 0 Å². The van der Waals surface area contributed by atoms with Crippen molar-refractivity contribution in [2.75, 3.05) is 18.5 Å². The largest absolute Gasteiger partial charge is 0.390 e. The molecule has 0 spiro atoms. The van der Waals surface area contributed by atoms with E-state index in [4.69, 9.17) is 0 Å². The third-order valence-corrected chi connectivity index (χ3v) is 4.13. The number of aliphatic hydroxyl groups excluding tert-OH is 1. The highest BCUT2D eigenvalue weighted by Gasteiger charge is 2.20. The van der Waals surface area contributed by atoms with Gasteiger partial charge in [0.25, 0.3) is 0 Å². The highest BCUT2D eigenvalue weighted by atomic mass is 16.3. The van der Waals surface area contributed by atoms with Crippen LogP contribution in [0.3, 0.4) is 0 Å². The number of hydrogen-bond donors (Lipinski definition) is 1. The quantitative estimate of drug-likeness (QED) is 0.917. The van der Waals surface area contributed by atoms with E-state index < -0.39 is 0 Å². The minimum absolute atomic E-state index is 0.0233. The molecule has 0 unspecified atom stereocenters. The van der Waals surface area contributed by atoms with Crippen LogP contribution in [0.4, 0.5) is 5.82 Å². The zero-order valence-electron chi connectivity index (χ0n) is 11.4. The smallest absolute Gasteiger partial charge is 0.153 e. The zero-order chi connectivity index (χ0) is 13.2. The standard InChI is InChI=1S/C15H21N3O/c1-17(10-12-6-2-3-7-12)15-13(11-19)18-9-5-4-8-14(18)16-15/h4-5,8-9,12,19H,2-3,6-7,10-11H2,1H3. The summed E-state index contributed by atoms with van der Waals surface area (Å²) in [4.78, 5) is 6.86. The van der Waals surface area contributed by atoms with Crippen molar-refractivity contribution < 1.29 is 5.11 Å². The Hall–Kier alpha value is -1.55. The minimum atomic E-state index is 0.0233. The van der Waals surface area contributed by atoms with Crippen LogP contribution in [-0.4, -0.2) is 28.1 Å². The normalized spacial score (nSPS) is 16.3. The summed E-state index contributed by atoms with van der Waals surface area (Å²) in [5.74, 6) is 1.70. The fraction of sp³-hybridized carbons (Fsp3) is 0.533. The second-order valence-corrected chi connectivity index (χ2v) is 5.50. The molecule has 1 aliphatic carbocycles. The summed E-state index contributed by atoms with van der Waals surface area (Å²) < 4.78 is 1.97. The van der Waals surface area contributed by atoms with Gasteiger partial charge in [-0.1, -0.05) is 18.9 Å². The van der Waals surface area contributed by atoms with E-state index in [9.17, 15) is 5.11 Å². The first kappa shape index (κ1) is 12.5. The number of aromatic nitrogens is 2. The van der Waals surface area contributed by atoms with E-state index >= 15 is 0 Å². The van der Waals surface area contributed by atoms with Crippen molar-refractivity contribution in [3.05, 3.63) is 30.1 Å². The molecule has 2 aromatic rings. The number of pyridine rings is 1. The molecule has 1 aliphatic rings. The highest BCUT2D eigenvalue weighted by molar-refractivity contribution is 5.55. The van der Waals surface area contributed by atoms with E-state index in [0.717, 1.165) is 29.6 Å². The molecule has 0 amide bonds. The van der Waals surface area contributed by atoms with Gasteiger partial charge in [-0.2, -0.15) is 0 Å². The van der Waals surface area contributed by atoms with E-state index in [1.54, 1.807) is 0 Å². The van der Waals surface area contributed by atoms with E-state index in [0.29, 0.717) is 0 Å². The topological polar surface area (TPSA) is 40.8 Å². The van der Waals surface area contributed by atoms with E-state index in [1.807, 2.05) is 28.8 Å². The van der Waals surface area contributed by atoms with Gasteiger partial charge in [0.2, 0.25) is 0 Å². The van der Waals surface area contributed by atoms with Gasteiger partial charge in [0, 0.05) is 19.8 Å². The third kappa shape index (κ3) is 2.32. The predicted octanol–water partition coefficient (Wildman–Crippen LogP) is 2.45. The Morgan fingerprint density at radius 3 is 2.89 bits per heavy atom. The lowest BCUT2D eigenvalue weighted by Gasteiger charge is -2.21. The lowest BCUT2D eigenvalue weighted by molar-refractivity contribution is 0.276. The molecule has 2 heterocycles. The molecule has 3 rings (SSSR count). The summed E-state index contributed by atoms with van der Waals surface area (Å²) in [6.07, 6.45) is 7.33. The molecule has 102 valence electrons. The molecule has 4 heteroatoms. The molecule has 1 saturated carbocycles. The minimum Gasteiger partial charge on any atom is -0.390 e. The number of fused-ring (bicyclic) bond motifs is 1. The number of hydrogen-bond acceptors (Lipinski definition) is 3. The molecular weight excluding hydrogens is 238 g/mol. The van der Waals surface area contributed by atoms with Crippen molar-refractivity contribution in [2.45, 2.75) is 32.3 Å². The third-order valence-electron chi connectivity index (χ3n) is 4.13. The number of imidazole rings is 1. The summed E-state index contributed by atoms with van der Waals surface area (Å²) in [5, 5.41) is 9.63. The fourth-order valence-electron chi connectivity index (χ4n) is 3.15. The highest BCUT2D eigenvalue weighted by Crippen LogP contribution is 2.28. The Bertz CT molecular complexity index is 558. The van der Waals surface area contributed by atoms with Crippen molar-refractivity contribution in [1.82, 2.24) is 9.38 Å². The lowest BCUT2D eigenvalue weighted by Crippen LogP contribution is -2.25. The average Bonchev–Trinajstić information content (AvgIpc) is 3.04. The van der Waals surface area contributed by atoms with Crippen LogP contribution in [0.1, 0.15) is 31.4 Å². The molecule has 19 heavy (non-hydrogen) atoms. The van der Waals surface area contributed by atoms with Crippen LogP contribution in [0, 0.1) is 5.92 Å². The van der Waals surface area contributed by atoms with Gasteiger partial charge in [0.15, 0.2) is 5.82 Å². The van der Waals surface area contributed by atoms with E-state index in [-0.39, 0.29) is 6.61 Å². The Labute approximate surface area is 113 Å². The van der Waals surface area contributed by atoms with Crippen molar-refractivity contribution >= 4 is 11.5 Å². The van der Waals surface area contributed by atoms with Crippen LogP contribution in [-0.2, 0) is 6.61 Å². The van der Waals surface area contributed by atoms with E-state index in [2.05, 4.69) is 16.9 Å². The molecule has 0 saturated heterocycles. The van der Waals surface area contributed by atoms with Gasteiger partial charge in [-0.25, -0.2) is 4.98 Å². The maximum Gasteiger partial charge on any atom is 0.153 e. The first-order chi connectivity index (χ1) is 9.29. The molecule has 0 bridgehead atoms. The Morgan fingerprint density at radius 1 is 1.37 bits per heavy atom. The number of anilines is 1. The van der Waals surface area contributed by atoms with Crippen molar-refractivity contribution in [1.29, 1.82) is 0 Å². The molecule has 0 radical (unpaired) electrons. The van der Waals surface area contributed by atoms with Crippen LogP contribution in [0.5, 0.6) is 0 Å². The van der Waals surface area contributed by atoms with Gasteiger partial charge in [-0.05, 0) is 30.9 Å². The SMILES string of the molecule is CN(CC1CCCC1)c1nc2ccccn2c1CO. The van der Waals surface area contributed by atoms with Gasteiger partial charge in [-0.15, -0.1) is 0 Å². The number of nitrogens with zero attached hydrogens (tertiary/aromatic N) is 3. The first-order valence-corrected chi connectivity index (χ1v) is 7.07. The molecule has 2 aromatic heterocycles. The van der Waals surface area contributed by atoms with Gasteiger partial charge in [0.1, 0.15) is 5.65 Å². The summed E-state index contributed by atoms with van der Waals surface area (Å²) in [6, 6.07) is 5.92. The molecular formula is C15H21N3O. The van der Waals surface area contributed by atoms with Crippen LogP contribution in [0.25, 0.3) is 5.65 Å². The predicted molar refractivity (Wildman–Crippen MR) is 76.3 cm³/mol. The summed E-state index contributed by atoms with van der Waals surface area (Å²) >= 11 is 0. The molecule has 1 fully saturated rings. The van der Waals surface area contributed by atoms with Crippen molar-refractivity contribution in [2.24, 2.45) is 5.92 Å². The molecule has 0 aliphatic heterocycles. The van der Waals surface area contributed by atoms with Crippen LogP contribution in [0.2, 0.25) is 0 Å². The van der Waals surface area contributed by atoms with Crippen LogP contribution in [0.15, 0.2) is 24.4 Å².